The number of ether oxygens (including phenoxy) is 2. The molecule has 1 N–H and O–H groups in total. The van der Waals surface area contributed by atoms with E-state index in [1.54, 1.807) is 0 Å². The van der Waals surface area contributed by atoms with Gasteiger partial charge in [-0.1, -0.05) is 15.9 Å². The lowest BCUT2D eigenvalue weighted by Crippen LogP contribution is -2.31. The second-order valence-corrected chi connectivity index (χ2v) is 6.75. The number of halogens is 1. The average molecular weight is 342 g/mol. The summed E-state index contributed by atoms with van der Waals surface area (Å²) in [5, 5.41) is 2.86. The first-order valence-corrected chi connectivity index (χ1v) is 7.49. The molecule has 2 rings (SSSR count). The van der Waals surface area contributed by atoms with Crippen molar-refractivity contribution < 1.29 is 14.3 Å². The predicted molar refractivity (Wildman–Crippen MR) is 80.9 cm³/mol. The number of hydrogen-bond acceptors (Lipinski definition) is 3. The number of hydrogen-bond donors (Lipinski definition) is 1. The van der Waals surface area contributed by atoms with Crippen LogP contribution in [0.2, 0.25) is 0 Å². The third kappa shape index (κ3) is 4.21. The summed E-state index contributed by atoms with van der Waals surface area (Å²) >= 11 is 3.49. The van der Waals surface area contributed by atoms with E-state index in [4.69, 9.17) is 9.47 Å². The van der Waals surface area contributed by atoms with Gasteiger partial charge in [-0.25, -0.2) is 0 Å². The SMILES string of the molecule is CC(C)(C)OCC(=O)NCc1cc(Br)cc2c1OCC2. The molecule has 5 heteroatoms. The van der Waals surface area contributed by atoms with E-state index in [2.05, 4.69) is 27.3 Å². The third-order valence-corrected chi connectivity index (χ3v) is 3.40. The zero-order valence-corrected chi connectivity index (χ0v) is 13.7. The lowest BCUT2D eigenvalue weighted by atomic mass is 10.1. The molecule has 1 aliphatic heterocycles. The molecule has 1 heterocycles. The van der Waals surface area contributed by atoms with Gasteiger partial charge in [0.05, 0.1) is 12.2 Å². The fraction of sp³-hybridized carbons (Fsp3) is 0.533. The number of carbonyl (C=O) groups is 1. The van der Waals surface area contributed by atoms with Crippen LogP contribution in [0.5, 0.6) is 5.75 Å². The van der Waals surface area contributed by atoms with Gasteiger partial charge in [-0.3, -0.25) is 4.79 Å². The van der Waals surface area contributed by atoms with Crippen LogP contribution in [0.1, 0.15) is 31.9 Å². The number of carbonyl (C=O) groups excluding carboxylic acids is 1. The van der Waals surface area contributed by atoms with Gasteiger partial charge in [0.1, 0.15) is 12.4 Å². The van der Waals surface area contributed by atoms with Crippen LogP contribution < -0.4 is 10.1 Å². The summed E-state index contributed by atoms with van der Waals surface area (Å²) in [6, 6.07) is 4.05. The maximum absolute atomic E-state index is 11.8. The number of fused-ring (bicyclic) bond motifs is 1. The van der Waals surface area contributed by atoms with Crippen molar-refractivity contribution in [1.29, 1.82) is 0 Å². The van der Waals surface area contributed by atoms with E-state index in [1.807, 2.05) is 26.8 Å². The van der Waals surface area contributed by atoms with Gasteiger partial charge in [-0.2, -0.15) is 0 Å². The van der Waals surface area contributed by atoms with Gasteiger partial charge in [0, 0.05) is 23.0 Å². The van der Waals surface area contributed by atoms with E-state index in [1.165, 1.54) is 5.56 Å². The zero-order valence-electron chi connectivity index (χ0n) is 12.1. The Morgan fingerprint density at radius 2 is 2.20 bits per heavy atom. The highest BCUT2D eigenvalue weighted by Gasteiger charge is 2.18. The molecule has 0 fully saturated rings. The van der Waals surface area contributed by atoms with Crippen molar-refractivity contribution in [3.05, 3.63) is 27.7 Å². The minimum Gasteiger partial charge on any atom is -0.493 e. The summed E-state index contributed by atoms with van der Waals surface area (Å²) in [6.07, 6.45) is 0.919. The second-order valence-electron chi connectivity index (χ2n) is 5.83. The van der Waals surface area contributed by atoms with Crippen molar-refractivity contribution in [1.82, 2.24) is 5.32 Å². The maximum atomic E-state index is 11.8. The molecule has 0 radical (unpaired) electrons. The van der Waals surface area contributed by atoms with Crippen LogP contribution in [0.25, 0.3) is 0 Å². The summed E-state index contributed by atoms with van der Waals surface area (Å²) in [6.45, 7) is 7.01. The molecule has 0 spiro atoms. The van der Waals surface area contributed by atoms with Crippen molar-refractivity contribution in [3.63, 3.8) is 0 Å². The summed E-state index contributed by atoms with van der Waals surface area (Å²) in [5.41, 5.74) is 1.88. The average Bonchev–Trinajstić information content (AvgIpc) is 2.80. The van der Waals surface area contributed by atoms with Gasteiger partial charge in [-0.05, 0) is 38.5 Å². The van der Waals surface area contributed by atoms with Crippen molar-refractivity contribution in [2.24, 2.45) is 0 Å². The minimum atomic E-state index is -0.308. The molecule has 0 aliphatic carbocycles. The van der Waals surface area contributed by atoms with Gasteiger partial charge in [0.2, 0.25) is 5.91 Å². The molecule has 0 bridgehead atoms. The van der Waals surface area contributed by atoms with Crippen molar-refractivity contribution >= 4 is 21.8 Å². The second kappa shape index (κ2) is 6.14. The molecule has 0 unspecified atom stereocenters. The minimum absolute atomic E-state index is 0.0700. The molecule has 0 saturated heterocycles. The van der Waals surface area contributed by atoms with Crippen LogP contribution in [0, 0.1) is 0 Å². The molecular weight excluding hydrogens is 322 g/mol. The van der Waals surface area contributed by atoms with E-state index >= 15 is 0 Å². The standard InChI is InChI=1S/C15H20BrNO3/c1-15(2,3)20-9-13(18)17-8-11-7-12(16)6-10-4-5-19-14(10)11/h6-7H,4-5,8-9H2,1-3H3,(H,17,18). The van der Waals surface area contributed by atoms with Crippen LogP contribution >= 0.6 is 15.9 Å². The van der Waals surface area contributed by atoms with Crippen molar-refractivity contribution in [2.75, 3.05) is 13.2 Å². The van der Waals surface area contributed by atoms with Gasteiger partial charge >= 0.3 is 0 Å². The molecular formula is C15H20BrNO3. The Morgan fingerprint density at radius 1 is 1.45 bits per heavy atom. The molecule has 0 saturated carbocycles. The van der Waals surface area contributed by atoms with Gasteiger partial charge < -0.3 is 14.8 Å². The number of nitrogens with one attached hydrogen (secondary N) is 1. The quantitative estimate of drug-likeness (QED) is 0.915. The molecule has 1 aliphatic rings. The summed E-state index contributed by atoms with van der Waals surface area (Å²) in [5.74, 6) is 0.789. The highest BCUT2D eigenvalue weighted by Crippen LogP contribution is 2.32. The fourth-order valence-corrected chi connectivity index (χ4v) is 2.56. The Labute approximate surface area is 128 Å². The normalized spacial score (nSPS) is 13.8. The van der Waals surface area contributed by atoms with E-state index in [-0.39, 0.29) is 18.1 Å². The van der Waals surface area contributed by atoms with E-state index in [0.717, 1.165) is 22.2 Å². The monoisotopic (exact) mass is 341 g/mol. The topological polar surface area (TPSA) is 47.6 Å². The van der Waals surface area contributed by atoms with E-state index < -0.39 is 0 Å². The third-order valence-electron chi connectivity index (χ3n) is 2.94. The van der Waals surface area contributed by atoms with Crippen molar-refractivity contribution in [3.8, 4) is 5.75 Å². The first-order chi connectivity index (χ1) is 9.35. The Bertz CT molecular complexity index is 509. The van der Waals surface area contributed by atoms with Crippen LogP contribution in [0.15, 0.2) is 16.6 Å². The zero-order chi connectivity index (χ0) is 14.8. The summed E-state index contributed by atoms with van der Waals surface area (Å²) < 4.78 is 12.1. The lowest BCUT2D eigenvalue weighted by Gasteiger charge is -2.19. The molecule has 1 amide bonds. The van der Waals surface area contributed by atoms with Crippen LogP contribution in [-0.4, -0.2) is 24.7 Å². The molecule has 1 aromatic carbocycles. The first kappa shape index (κ1) is 15.3. The lowest BCUT2D eigenvalue weighted by molar-refractivity contribution is -0.130. The van der Waals surface area contributed by atoms with Gasteiger partial charge in [0.15, 0.2) is 0 Å². The molecule has 4 nitrogen and oxygen atoms in total. The number of rotatable bonds is 4. The molecule has 0 atom stereocenters. The number of benzene rings is 1. The summed E-state index contributed by atoms with van der Waals surface area (Å²) in [4.78, 5) is 11.8. The van der Waals surface area contributed by atoms with E-state index in [9.17, 15) is 4.79 Å². The molecule has 110 valence electrons. The fourth-order valence-electron chi connectivity index (χ4n) is 2.00. The highest BCUT2D eigenvalue weighted by molar-refractivity contribution is 9.10. The van der Waals surface area contributed by atoms with Crippen LogP contribution in [0.4, 0.5) is 0 Å². The highest BCUT2D eigenvalue weighted by atomic mass is 79.9. The first-order valence-electron chi connectivity index (χ1n) is 6.70. The van der Waals surface area contributed by atoms with E-state index in [0.29, 0.717) is 13.2 Å². The van der Waals surface area contributed by atoms with Crippen LogP contribution in [-0.2, 0) is 22.5 Å². The number of amides is 1. The summed E-state index contributed by atoms with van der Waals surface area (Å²) in [7, 11) is 0. The largest absolute Gasteiger partial charge is 0.493 e. The van der Waals surface area contributed by atoms with Crippen LogP contribution in [0.3, 0.4) is 0 Å². The van der Waals surface area contributed by atoms with Gasteiger partial charge in [-0.15, -0.1) is 0 Å². The molecule has 0 aromatic heterocycles. The smallest absolute Gasteiger partial charge is 0.246 e. The maximum Gasteiger partial charge on any atom is 0.246 e. The Kier molecular flexibility index (Phi) is 4.70. The Balaban J connectivity index is 1.93. The molecule has 20 heavy (non-hydrogen) atoms. The van der Waals surface area contributed by atoms with Crippen molar-refractivity contribution in [2.45, 2.75) is 39.3 Å². The Hall–Kier alpha value is -1.07. The Morgan fingerprint density at radius 3 is 2.90 bits per heavy atom. The van der Waals surface area contributed by atoms with Gasteiger partial charge in [0.25, 0.3) is 0 Å². The molecule has 1 aromatic rings. The predicted octanol–water partition coefficient (Wildman–Crippen LogP) is 2.82.